The monoisotopic (exact) mass is 260 g/mol. The second kappa shape index (κ2) is 5.05. The SMILES string of the molecule is CC(C)CC(C)NS(=O)(=O)c1cn(C)nc1N. The molecule has 0 amide bonds. The molecule has 0 fully saturated rings. The maximum absolute atomic E-state index is 12.0. The van der Waals surface area contributed by atoms with Gasteiger partial charge in [-0.15, -0.1) is 0 Å². The van der Waals surface area contributed by atoms with Crippen molar-refractivity contribution in [1.29, 1.82) is 0 Å². The van der Waals surface area contributed by atoms with Gasteiger partial charge in [0.25, 0.3) is 0 Å². The van der Waals surface area contributed by atoms with Crippen LogP contribution in [-0.4, -0.2) is 24.2 Å². The van der Waals surface area contributed by atoms with E-state index in [1.54, 1.807) is 7.05 Å². The highest BCUT2D eigenvalue weighted by molar-refractivity contribution is 7.89. The molecule has 0 spiro atoms. The number of nitrogens with zero attached hydrogens (tertiary/aromatic N) is 2. The number of aromatic nitrogens is 2. The average molecular weight is 260 g/mol. The molecule has 1 heterocycles. The molecule has 1 unspecified atom stereocenters. The maximum Gasteiger partial charge on any atom is 0.246 e. The minimum atomic E-state index is -3.57. The van der Waals surface area contributed by atoms with Gasteiger partial charge in [0, 0.05) is 19.3 Å². The lowest BCUT2D eigenvalue weighted by Crippen LogP contribution is -2.33. The summed E-state index contributed by atoms with van der Waals surface area (Å²) in [6, 6.07) is -0.125. The van der Waals surface area contributed by atoms with E-state index >= 15 is 0 Å². The van der Waals surface area contributed by atoms with Crippen molar-refractivity contribution in [3.8, 4) is 0 Å². The Morgan fingerprint density at radius 3 is 2.47 bits per heavy atom. The van der Waals surface area contributed by atoms with E-state index in [1.807, 2.05) is 20.8 Å². The van der Waals surface area contributed by atoms with Crippen LogP contribution in [0.2, 0.25) is 0 Å². The lowest BCUT2D eigenvalue weighted by atomic mass is 10.1. The summed E-state index contributed by atoms with van der Waals surface area (Å²) in [5, 5.41) is 3.82. The number of nitrogens with one attached hydrogen (secondary N) is 1. The van der Waals surface area contributed by atoms with Crippen molar-refractivity contribution in [2.75, 3.05) is 5.73 Å². The first-order valence-corrected chi connectivity index (χ1v) is 7.02. The minimum absolute atomic E-state index is 0.0248. The number of aryl methyl sites for hydroxylation is 1. The third-order valence-electron chi connectivity index (χ3n) is 2.29. The van der Waals surface area contributed by atoms with Gasteiger partial charge in [-0.1, -0.05) is 13.8 Å². The zero-order valence-electron chi connectivity index (χ0n) is 10.6. The number of anilines is 1. The Morgan fingerprint density at radius 2 is 2.06 bits per heavy atom. The van der Waals surface area contributed by atoms with E-state index in [0.29, 0.717) is 5.92 Å². The fraction of sp³-hybridized carbons (Fsp3) is 0.700. The van der Waals surface area contributed by atoms with Crippen LogP contribution >= 0.6 is 0 Å². The summed E-state index contributed by atoms with van der Waals surface area (Å²) in [7, 11) is -1.94. The molecule has 1 atom stereocenters. The molecule has 7 heteroatoms. The van der Waals surface area contributed by atoms with E-state index in [9.17, 15) is 8.42 Å². The van der Waals surface area contributed by atoms with Crippen molar-refractivity contribution in [2.45, 2.75) is 38.1 Å². The molecular formula is C10H20N4O2S. The smallest absolute Gasteiger partial charge is 0.246 e. The first kappa shape index (κ1) is 14.0. The molecule has 1 aromatic heterocycles. The third kappa shape index (κ3) is 3.71. The lowest BCUT2D eigenvalue weighted by molar-refractivity contribution is 0.482. The quantitative estimate of drug-likeness (QED) is 0.816. The summed E-state index contributed by atoms with van der Waals surface area (Å²) in [5.41, 5.74) is 5.55. The first-order chi connectivity index (χ1) is 7.72. The lowest BCUT2D eigenvalue weighted by Gasteiger charge is -2.15. The van der Waals surface area contributed by atoms with Gasteiger partial charge in [-0.05, 0) is 19.3 Å². The Hall–Kier alpha value is -1.08. The number of hydrogen-bond donors (Lipinski definition) is 2. The van der Waals surface area contributed by atoms with E-state index in [-0.39, 0.29) is 16.8 Å². The molecule has 0 aliphatic heterocycles. The van der Waals surface area contributed by atoms with Gasteiger partial charge >= 0.3 is 0 Å². The molecular weight excluding hydrogens is 240 g/mol. The normalized spacial score (nSPS) is 14.2. The molecule has 6 nitrogen and oxygen atoms in total. The van der Waals surface area contributed by atoms with Crippen LogP contribution in [0.5, 0.6) is 0 Å². The zero-order chi connectivity index (χ0) is 13.2. The first-order valence-electron chi connectivity index (χ1n) is 5.54. The molecule has 1 rings (SSSR count). The number of nitrogens with two attached hydrogens (primary N) is 1. The zero-order valence-corrected chi connectivity index (χ0v) is 11.5. The molecule has 0 radical (unpaired) electrons. The van der Waals surface area contributed by atoms with Gasteiger partial charge < -0.3 is 5.73 Å². The van der Waals surface area contributed by atoms with Crippen LogP contribution in [-0.2, 0) is 17.1 Å². The number of rotatable bonds is 5. The van der Waals surface area contributed by atoms with Crippen LogP contribution in [0, 0.1) is 5.92 Å². The molecule has 0 bridgehead atoms. The van der Waals surface area contributed by atoms with Crippen molar-refractivity contribution >= 4 is 15.8 Å². The standard InChI is InChI=1S/C10H20N4O2S/c1-7(2)5-8(3)13-17(15,16)9-6-14(4)12-10(9)11/h6-8,13H,5H2,1-4H3,(H2,11,12). The fourth-order valence-electron chi connectivity index (χ4n) is 1.77. The van der Waals surface area contributed by atoms with E-state index in [2.05, 4.69) is 9.82 Å². The Morgan fingerprint density at radius 1 is 1.47 bits per heavy atom. The summed E-state index contributed by atoms with van der Waals surface area (Å²) in [4.78, 5) is 0.0376. The second-order valence-corrected chi connectivity index (χ2v) is 6.39. The van der Waals surface area contributed by atoms with Crippen molar-refractivity contribution in [3.63, 3.8) is 0 Å². The predicted molar refractivity (Wildman–Crippen MR) is 66.9 cm³/mol. The summed E-state index contributed by atoms with van der Waals surface area (Å²) in [6.07, 6.45) is 2.18. The summed E-state index contributed by atoms with van der Waals surface area (Å²) in [5.74, 6) is 0.454. The highest BCUT2D eigenvalue weighted by Crippen LogP contribution is 2.16. The minimum Gasteiger partial charge on any atom is -0.381 e. The van der Waals surface area contributed by atoms with E-state index in [1.165, 1.54) is 10.9 Å². The van der Waals surface area contributed by atoms with Gasteiger partial charge in [-0.2, -0.15) is 5.10 Å². The van der Waals surface area contributed by atoms with Crippen LogP contribution < -0.4 is 10.5 Å². The fourth-order valence-corrected chi connectivity index (χ4v) is 3.13. The molecule has 0 saturated heterocycles. The average Bonchev–Trinajstić information content (AvgIpc) is 2.42. The van der Waals surface area contributed by atoms with E-state index < -0.39 is 10.0 Å². The van der Waals surface area contributed by atoms with E-state index in [0.717, 1.165) is 6.42 Å². The molecule has 0 saturated carbocycles. The summed E-state index contributed by atoms with van der Waals surface area (Å²) >= 11 is 0. The van der Waals surface area contributed by atoms with Crippen LogP contribution in [0.15, 0.2) is 11.1 Å². The molecule has 3 N–H and O–H groups in total. The van der Waals surface area contributed by atoms with Crippen LogP contribution in [0.1, 0.15) is 27.2 Å². The van der Waals surface area contributed by atoms with Gasteiger partial charge in [0.2, 0.25) is 10.0 Å². The molecule has 0 aliphatic rings. The highest BCUT2D eigenvalue weighted by Gasteiger charge is 2.22. The van der Waals surface area contributed by atoms with E-state index in [4.69, 9.17) is 5.73 Å². The van der Waals surface area contributed by atoms with Gasteiger partial charge in [0.15, 0.2) is 5.82 Å². The second-order valence-electron chi connectivity index (χ2n) is 4.70. The van der Waals surface area contributed by atoms with Crippen molar-refractivity contribution in [2.24, 2.45) is 13.0 Å². The van der Waals surface area contributed by atoms with Crippen molar-refractivity contribution < 1.29 is 8.42 Å². The number of hydrogen-bond acceptors (Lipinski definition) is 4. The van der Waals surface area contributed by atoms with Gasteiger partial charge in [0.1, 0.15) is 4.90 Å². The third-order valence-corrected chi connectivity index (χ3v) is 3.90. The molecule has 0 aliphatic carbocycles. The number of nitrogen functional groups attached to an aromatic ring is 1. The van der Waals surface area contributed by atoms with Crippen molar-refractivity contribution in [3.05, 3.63) is 6.20 Å². The maximum atomic E-state index is 12.0. The Bertz CT molecular complexity index is 478. The summed E-state index contributed by atoms with van der Waals surface area (Å²) in [6.45, 7) is 5.93. The predicted octanol–water partition coefficient (Wildman–Crippen LogP) is 0.715. The van der Waals surface area contributed by atoms with Gasteiger partial charge in [0.05, 0.1) is 0 Å². The van der Waals surface area contributed by atoms with Gasteiger partial charge in [-0.25, -0.2) is 13.1 Å². The largest absolute Gasteiger partial charge is 0.381 e. The van der Waals surface area contributed by atoms with Gasteiger partial charge in [-0.3, -0.25) is 4.68 Å². The molecule has 1 aromatic rings. The molecule has 0 aromatic carbocycles. The van der Waals surface area contributed by atoms with Crippen molar-refractivity contribution in [1.82, 2.24) is 14.5 Å². The van der Waals surface area contributed by atoms with Crippen LogP contribution in [0.4, 0.5) is 5.82 Å². The van der Waals surface area contributed by atoms with Crippen LogP contribution in [0.25, 0.3) is 0 Å². The topological polar surface area (TPSA) is 90.0 Å². The van der Waals surface area contributed by atoms with Crippen LogP contribution in [0.3, 0.4) is 0 Å². The highest BCUT2D eigenvalue weighted by atomic mass is 32.2. The summed E-state index contributed by atoms with van der Waals surface area (Å²) < 4.78 is 28.0. The Kier molecular flexibility index (Phi) is 4.16. The number of sulfonamides is 1. The Labute approximate surface area is 102 Å². The Balaban J connectivity index is 2.86. The molecule has 17 heavy (non-hydrogen) atoms. The molecule has 98 valence electrons.